The van der Waals surface area contributed by atoms with Crippen molar-refractivity contribution in [3.05, 3.63) is 77.1 Å². The van der Waals surface area contributed by atoms with Gasteiger partial charge in [-0.2, -0.15) is 5.10 Å². The average Bonchev–Trinajstić information content (AvgIpc) is 3.00. The van der Waals surface area contributed by atoms with Gasteiger partial charge in [0.15, 0.2) is 17.3 Å². The summed E-state index contributed by atoms with van der Waals surface area (Å²) in [5.41, 5.74) is 4.38. The lowest BCUT2D eigenvalue weighted by molar-refractivity contribution is 0.104. The predicted molar refractivity (Wildman–Crippen MR) is 104 cm³/mol. The standard InChI is InChI=1S/C22H20N2O3/c1-15-19(16(2)24(23-15)18-6-4-3-5-7-18)9-10-20(25)17-8-11-21-22(14-17)27-13-12-26-21/h3-11,14H,12-13H2,1-2H3. The molecule has 5 heteroatoms. The van der Waals surface area contributed by atoms with Gasteiger partial charge >= 0.3 is 0 Å². The van der Waals surface area contributed by atoms with Crippen LogP contribution in [0.1, 0.15) is 27.3 Å². The summed E-state index contributed by atoms with van der Waals surface area (Å²) in [5.74, 6) is 1.21. The third-order valence-corrected chi connectivity index (χ3v) is 4.58. The van der Waals surface area contributed by atoms with E-state index in [9.17, 15) is 4.79 Å². The molecule has 0 saturated heterocycles. The molecule has 0 saturated carbocycles. The Morgan fingerprint density at radius 2 is 1.78 bits per heavy atom. The van der Waals surface area contributed by atoms with Crippen LogP contribution in [0.5, 0.6) is 11.5 Å². The Balaban J connectivity index is 1.60. The van der Waals surface area contributed by atoms with Crippen molar-refractivity contribution in [1.82, 2.24) is 9.78 Å². The molecule has 136 valence electrons. The minimum absolute atomic E-state index is 0.0850. The summed E-state index contributed by atoms with van der Waals surface area (Å²) in [6, 6.07) is 15.2. The highest BCUT2D eigenvalue weighted by Crippen LogP contribution is 2.31. The monoisotopic (exact) mass is 360 g/mol. The summed E-state index contributed by atoms with van der Waals surface area (Å²) in [4.78, 5) is 12.6. The number of nitrogens with zero attached hydrogens (tertiary/aromatic N) is 2. The van der Waals surface area contributed by atoms with Crippen molar-refractivity contribution in [1.29, 1.82) is 0 Å². The number of rotatable bonds is 4. The number of benzene rings is 2. The third-order valence-electron chi connectivity index (χ3n) is 4.58. The number of aryl methyl sites for hydroxylation is 1. The van der Waals surface area contributed by atoms with Crippen molar-refractivity contribution in [3.63, 3.8) is 0 Å². The molecule has 2 heterocycles. The highest BCUT2D eigenvalue weighted by atomic mass is 16.6. The van der Waals surface area contributed by atoms with Gasteiger partial charge in [-0.1, -0.05) is 18.2 Å². The minimum Gasteiger partial charge on any atom is -0.486 e. The molecule has 4 rings (SSSR count). The molecule has 0 fully saturated rings. The van der Waals surface area contributed by atoms with Crippen molar-refractivity contribution in [2.24, 2.45) is 0 Å². The van der Waals surface area contributed by atoms with E-state index in [1.54, 1.807) is 24.3 Å². The van der Waals surface area contributed by atoms with Gasteiger partial charge in [0, 0.05) is 16.8 Å². The van der Waals surface area contributed by atoms with Crippen LogP contribution in [0.25, 0.3) is 11.8 Å². The molecule has 0 radical (unpaired) electrons. The lowest BCUT2D eigenvalue weighted by Crippen LogP contribution is -2.15. The zero-order chi connectivity index (χ0) is 18.8. The van der Waals surface area contributed by atoms with E-state index < -0.39 is 0 Å². The number of para-hydroxylation sites is 1. The van der Waals surface area contributed by atoms with Crippen LogP contribution in [0.2, 0.25) is 0 Å². The molecule has 1 aliphatic heterocycles. The van der Waals surface area contributed by atoms with Crippen LogP contribution < -0.4 is 9.47 Å². The van der Waals surface area contributed by atoms with Crippen LogP contribution in [0.3, 0.4) is 0 Å². The van der Waals surface area contributed by atoms with Gasteiger partial charge in [-0.15, -0.1) is 0 Å². The average molecular weight is 360 g/mol. The third kappa shape index (κ3) is 3.36. The zero-order valence-corrected chi connectivity index (χ0v) is 15.3. The first-order valence-corrected chi connectivity index (χ1v) is 8.87. The molecule has 5 nitrogen and oxygen atoms in total. The van der Waals surface area contributed by atoms with Gasteiger partial charge in [-0.25, -0.2) is 4.68 Å². The van der Waals surface area contributed by atoms with Gasteiger partial charge in [0.1, 0.15) is 13.2 Å². The van der Waals surface area contributed by atoms with E-state index in [0.29, 0.717) is 30.3 Å². The maximum Gasteiger partial charge on any atom is 0.185 e. The largest absolute Gasteiger partial charge is 0.486 e. The lowest BCUT2D eigenvalue weighted by atomic mass is 10.1. The van der Waals surface area contributed by atoms with Crippen molar-refractivity contribution in [3.8, 4) is 17.2 Å². The molecule has 0 amide bonds. The van der Waals surface area contributed by atoms with Crippen LogP contribution in [0.4, 0.5) is 0 Å². The quantitative estimate of drug-likeness (QED) is 0.518. The number of hydrogen-bond donors (Lipinski definition) is 0. The number of aromatic nitrogens is 2. The molecule has 0 aliphatic carbocycles. The van der Waals surface area contributed by atoms with E-state index in [1.165, 1.54) is 0 Å². The molecular formula is C22H20N2O3. The van der Waals surface area contributed by atoms with Crippen LogP contribution in [-0.2, 0) is 0 Å². The highest BCUT2D eigenvalue weighted by Gasteiger charge is 2.15. The van der Waals surface area contributed by atoms with Gasteiger partial charge in [0.2, 0.25) is 0 Å². The number of ketones is 1. The molecule has 1 aliphatic rings. The molecule has 27 heavy (non-hydrogen) atoms. The van der Waals surface area contributed by atoms with Crippen molar-refractivity contribution in [2.75, 3.05) is 13.2 Å². The van der Waals surface area contributed by atoms with Gasteiger partial charge < -0.3 is 9.47 Å². The second kappa shape index (κ2) is 7.11. The maximum absolute atomic E-state index is 12.6. The topological polar surface area (TPSA) is 53.4 Å². The van der Waals surface area contributed by atoms with Crippen molar-refractivity contribution >= 4 is 11.9 Å². The van der Waals surface area contributed by atoms with Crippen molar-refractivity contribution in [2.45, 2.75) is 13.8 Å². The Morgan fingerprint density at radius 3 is 2.56 bits per heavy atom. The zero-order valence-electron chi connectivity index (χ0n) is 15.3. The summed E-state index contributed by atoms with van der Waals surface area (Å²) >= 11 is 0. The molecule has 0 spiro atoms. The second-order valence-corrected chi connectivity index (χ2v) is 6.39. The van der Waals surface area contributed by atoms with E-state index in [0.717, 1.165) is 22.6 Å². The highest BCUT2D eigenvalue weighted by molar-refractivity contribution is 6.07. The molecule has 3 aromatic rings. The Kier molecular flexibility index (Phi) is 4.50. The van der Waals surface area contributed by atoms with Crippen LogP contribution in [-0.4, -0.2) is 28.8 Å². The summed E-state index contributed by atoms with van der Waals surface area (Å²) in [7, 11) is 0. The fourth-order valence-corrected chi connectivity index (χ4v) is 3.17. The van der Waals surface area contributed by atoms with E-state index >= 15 is 0 Å². The summed E-state index contributed by atoms with van der Waals surface area (Å²) in [6.45, 7) is 4.98. The SMILES string of the molecule is Cc1nn(-c2ccccc2)c(C)c1C=CC(=O)c1ccc2c(c1)OCCO2. The molecule has 0 N–H and O–H groups in total. The van der Waals surface area contributed by atoms with E-state index in [2.05, 4.69) is 5.10 Å². The number of hydrogen-bond acceptors (Lipinski definition) is 4. The summed E-state index contributed by atoms with van der Waals surface area (Å²) in [5, 5.41) is 4.61. The fraction of sp³-hybridized carbons (Fsp3) is 0.182. The molecule has 0 atom stereocenters. The number of carbonyl (C=O) groups is 1. The smallest absolute Gasteiger partial charge is 0.185 e. The Labute approximate surface area is 157 Å². The van der Waals surface area contributed by atoms with E-state index in [1.807, 2.05) is 54.9 Å². The Bertz CT molecular complexity index is 1020. The van der Waals surface area contributed by atoms with E-state index in [-0.39, 0.29) is 5.78 Å². The van der Waals surface area contributed by atoms with Crippen molar-refractivity contribution < 1.29 is 14.3 Å². The predicted octanol–water partition coefficient (Wildman–Crippen LogP) is 4.16. The number of allylic oxidation sites excluding steroid dienone is 1. The first-order chi connectivity index (χ1) is 13.1. The lowest BCUT2D eigenvalue weighted by Gasteiger charge is -2.18. The first kappa shape index (κ1) is 17.1. The molecule has 0 unspecified atom stereocenters. The van der Waals surface area contributed by atoms with E-state index in [4.69, 9.17) is 9.47 Å². The normalized spacial score (nSPS) is 13.1. The number of ether oxygens (including phenoxy) is 2. The Hall–Kier alpha value is -3.34. The summed E-state index contributed by atoms with van der Waals surface area (Å²) < 4.78 is 12.9. The van der Waals surface area contributed by atoms with Crippen LogP contribution in [0.15, 0.2) is 54.6 Å². The maximum atomic E-state index is 12.6. The van der Waals surface area contributed by atoms with Crippen LogP contribution >= 0.6 is 0 Å². The van der Waals surface area contributed by atoms with Crippen LogP contribution in [0, 0.1) is 13.8 Å². The minimum atomic E-state index is -0.0850. The number of fused-ring (bicyclic) bond motifs is 1. The molecule has 0 bridgehead atoms. The number of carbonyl (C=O) groups excluding carboxylic acids is 1. The van der Waals surface area contributed by atoms with Gasteiger partial charge in [-0.05, 0) is 56.3 Å². The Morgan fingerprint density at radius 1 is 1.04 bits per heavy atom. The van der Waals surface area contributed by atoms with Gasteiger partial charge in [0.05, 0.1) is 11.4 Å². The molecular weight excluding hydrogens is 340 g/mol. The first-order valence-electron chi connectivity index (χ1n) is 8.87. The second-order valence-electron chi connectivity index (χ2n) is 6.39. The molecule has 2 aromatic carbocycles. The van der Waals surface area contributed by atoms with Gasteiger partial charge in [-0.3, -0.25) is 4.79 Å². The van der Waals surface area contributed by atoms with Gasteiger partial charge in [0.25, 0.3) is 0 Å². The summed E-state index contributed by atoms with van der Waals surface area (Å²) in [6.07, 6.45) is 3.41. The molecule has 1 aromatic heterocycles. The fourth-order valence-electron chi connectivity index (χ4n) is 3.17.